The number of halogens is 1. The number of hydrogen-bond acceptors (Lipinski definition) is 5. The fourth-order valence-electron chi connectivity index (χ4n) is 3.34. The van der Waals surface area contributed by atoms with E-state index in [1.807, 2.05) is 26.0 Å². The molecule has 8 heteroatoms. The van der Waals surface area contributed by atoms with Crippen molar-refractivity contribution in [2.45, 2.75) is 64.7 Å². The Balaban J connectivity index is 2.13. The summed E-state index contributed by atoms with van der Waals surface area (Å²) in [6, 6.07) is 4.07. The van der Waals surface area contributed by atoms with E-state index in [1.165, 1.54) is 11.8 Å². The molecule has 6 nitrogen and oxygen atoms in total. The molecule has 0 spiro atoms. The van der Waals surface area contributed by atoms with E-state index in [9.17, 15) is 4.79 Å². The van der Waals surface area contributed by atoms with Gasteiger partial charge in [0.25, 0.3) is 0 Å². The molecule has 2 rings (SSSR count). The van der Waals surface area contributed by atoms with Gasteiger partial charge in [-0.2, -0.15) is 0 Å². The van der Waals surface area contributed by atoms with E-state index in [0.717, 1.165) is 47.9 Å². The van der Waals surface area contributed by atoms with Crippen LogP contribution < -0.4 is 5.32 Å². The number of carbonyl (C=O) groups is 1. The Labute approximate surface area is 183 Å². The minimum atomic E-state index is -0.102. The second kappa shape index (κ2) is 11.0. The summed E-state index contributed by atoms with van der Waals surface area (Å²) in [6.07, 6.45) is 3.09. The lowest BCUT2D eigenvalue weighted by molar-refractivity contribution is -0.113. The second-order valence-corrected chi connectivity index (χ2v) is 8.86. The van der Waals surface area contributed by atoms with Gasteiger partial charge in [-0.15, -0.1) is 10.2 Å². The highest BCUT2D eigenvalue weighted by Crippen LogP contribution is 2.29. The van der Waals surface area contributed by atoms with Gasteiger partial charge in [-0.25, -0.2) is 0 Å². The van der Waals surface area contributed by atoms with E-state index in [4.69, 9.17) is 11.6 Å². The highest BCUT2D eigenvalue weighted by atomic mass is 35.5. The van der Waals surface area contributed by atoms with Crippen molar-refractivity contribution in [3.8, 4) is 0 Å². The van der Waals surface area contributed by atoms with Crippen LogP contribution in [0.2, 0.25) is 5.02 Å². The molecule has 0 bridgehead atoms. The van der Waals surface area contributed by atoms with Crippen molar-refractivity contribution in [2.75, 3.05) is 25.2 Å². The van der Waals surface area contributed by atoms with Crippen LogP contribution in [0.3, 0.4) is 0 Å². The van der Waals surface area contributed by atoms with Gasteiger partial charge in [-0.05, 0) is 58.0 Å². The van der Waals surface area contributed by atoms with E-state index in [2.05, 4.69) is 52.9 Å². The highest BCUT2D eigenvalue weighted by molar-refractivity contribution is 7.99. The summed E-state index contributed by atoms with van der Waals surface area (Å²) >= 11 is 7.73. The van der Waals surface area contributed by atoms with Crippen molar-refractivity contribution >= 4 is 35.0 Å². The maximum Gasteiger partial charge on any atom is 0.234 e. The molecule has 160 valence electrons. The normalized spacial score (nSPS) is 12.4. The molecule has 0 aliphatic rings. The zero-order chi connectivity index (χ0) is 21.6. The molecule has 1 atom stereocenters. The number of nitrogens with zero attached hydrogens (tertiary/aromatic N) is 4. The van der Waals surface area contributed by atoms with Gasteiger partial charge in [-0.1, -0.05) is 49.7 Å². The average Bonchev–Trinajstić information content (AvgIpc) is 3.04. The predicted octanol–water partition coefficient (Wildman–Crippen LogP) is 5.09. The van der Waals surface area contributed by atoms with Crippen LogP contribution in [-0.2, 0) is 11.3 Å². The molecular formula is C21H32ClN5OS. The summed E-state index contributed by atoms with van der Waals surface area (Å²) in [7, 11) is 4.11. The van der Waals surface area contributed by atoms with Crippen LogP contribution >= 0.6 is 23.4 Å². The van der Waals surface area contributed by atoms with Gasteiger partial charge in [0, 0.05) is 6.54 Å². The van der Waals surface area contributed by atoms with E-state index >= 15 is 0 Å². The van der Waals surface area contributed by atoms with Gasteiger partial charge in [0.2, 0.25) is 5.91 Å². The number of rotatable bonds is 10. The third-order valence-corrected chi connectivity index (χ3v) is 6.08. The zero-order valence-electron chi connectivity index (χ0n) is 18.3. The van der Waals surface area contributed by atoms with Crippen LogP contribution in [-0.4, -0.2) is 45.4 Å². The van der Waals surface area contributed by atoms with Gasteiger partial charge in [0.05, 0.1) is 22.5 Å². The first kappa shape index (κ1) is 23.7. The van der Waals surface area contributed by atoms with Gasteiger partial charge in [0.15, 0.2) is 11.0 Å². The van der Waals surface area contributed by atoms with E-state index in [-0.39, 0.29) is 17.7 Å². The fraction of sp³-hybridized carbons (Fsp3) is 0.571. The van der Waals surface area contributed by atoms with Crippen molar-refractivity contribution in [3.63, 3.8) is 0 Å². The summed E-state index contributed by atoms with van der Waals surface area (Å²) < 4.78 is 2.17. The molecule has 29 heavy (non-hydrogen) atoms. The molecule has 0 aliphatic carbocycles. The van der Waals surface area contributed by atoms with Gasteiger partial charge >= 0.3 is 0 Å². The molecule has 1 aromatic heterocycles. The minimum absolute atomic E-state index is 0.102. The zero-order valence-corrected chi connectivity index (χ0v) is 19.8. The first-order valence-corrected chi connectivity index (χ1v) is 11.4. The van der Waals surface area contributed by atoms with Crippen LogP contribution in [0.4, 0.5) is 5.69 Å². The molecule has 1 N–H and O–H groups in total. The number of anilines is 1. The molecule has 0 fully saturated rings. The second-order valence-electron chi connectivity index (χ2n) is 7.51. The van der Waals surface area contributed by atoms with Crippen molar-refractivity contribution in [1.29, 1.82) is 0 Å². The van der Waals surface area contributed by atoms with Crippen LogP contribution in [0, 0.1) is 13.8 Å². The largest absolute Gasteiger partial charge is 0.324 e. The SMILES string of the molecule is CCCCn1c(SCC(=O)Nc2c(C)cc(C)cc2Cl)nnc1C(CC)N(C)C. The fourth-order valence-corrected chi connectivity index (χ4v) is 4.48. The minimum Gasteiger partial charge on any atom is -0.324 e. The number of thioether (sulfide) groups is 1. The molecule has 1 aromatic carbocycles. The Hall–Kier alpha value is -1.57. The van der Waals surface area contributed by atoms with Crippen molar-refractivity contribution in [1.82, 2.24) is 19.7 Å². The molecule has 0 aliphatic heterocycles. The summed E-state index contributed by atoms with van der Waals surface area (Å²) in [6.45, 7) is 9.11. The lowest BCUT2D eigenvalue weighted by atomic mass is 10.1. The average molecular weight is 438 g/mol. The number of amides is 1. The summed E-state index contributed by atoms with van der Waals surface area (Å²) in [5.41, 5.74) is 2.70. The first-order valence-electron chi connectivity index (χ1n) is 10.1. The summed E-state index contributed by atoms with van der Waals surface area (Å²) in [5.74, 6) is 1.12. The molecule has 0 saturated carbocycles. The summed E-state index contributed by atoms with van der Waals surface area (Å²) in [4.78, 5) is 14.7. The quantitative estimate of drug-likeness (QED) is 0.524. The number of hydrogen-bond donors (Lipinski definition) is 1. The number of benzene rings is 1. The summed E-state index contributed by atoms with van der Waals surface area (Å²) in [5, 5.41) is 13.1. The van der Waals surface area contributed by atoms with E-state index in [1.54, 1.807) is 0 Å². The van der Waals surface area contributed by atoms with Crippen LogP contribution in [0.15, 0.2) is 17.3 Å². The Bertz CT molecular complexity index is 813. The van der Waals surface area contributed by atoms with Gasteiger partial charge in [0.1, 0.15) is 0 Å². The van der Waals surface area contributed by atoms with Crippen LogP contribution in [0.25, 0.3) is 0 Å². The number of unbranched alkanes of at least 4 members (excludes halogenated alkanes) is 1. The van der Waals surface area contributed by atoms with Crippen molar-refractivity contribution in [3.05, 3.63) is 34.1 Å². The topological polar surface area (TPSA) is 63.1 Å². The standard InChI is InChI=1S/C21H32ClN5OS/c1-7-9-10-27-20(17(8-2)26(5)6)24-25-21(27)29-13-18(28)23-19-15(4)11-14(3)12-16(19)22/h11-12,17H,7-10,13H2,1-6H3,(H,23,28). The number of aryl methyl sites for hydroxylation is 2. The molecule has 1 unspecified atom stereocenters. The number of aromatic nitrogens is 3. The third-order valence-electron chi connectivity index (χ3n) is 4.82. The maximum atomic E-state index is 12.5. The molecule has 1 heterocycles. The monoisotopic (exact) mass is 437 g/mol. The smallest absolute Gasteiger partial charge is 0.234 e. The maximum absolute atomic E-state index is 12.5. The molecular weight excluding hydrogens is 406 g/mol. The molecule has 2 aromatic rings. The van der Waals surface area contributed by atoms with Crippen molar-refractivity contribution < 1.29 is 4.79 Å². The molecule has 0 radical (unpaired) electrons. The Morgan fingerprint density at radius 1 is 1.28 bits per heavy atom. The number of carbonyl (C=O) groups excluding carboxylic acids is 1. The first-order chi connectivity index (χ1) is 13.8. The molecule has 1 amide bonds. The van der Waals surface area contributed by atoms with Crippen LogP contribution in [0.1, 0.15) is 56.1 Å². The Kier molecular flexibility index (Phi) is 8.99. The van der Waals surface area contributed by atoms with E-state index in [0.29, 0.717) is 10.7 Å². The third kappa shape index (κ3) is 6.20. The van der Waals surface area contributed by atoms with Crippen LogP contribution in [0.5, 0.6) is 0 Å². The van der Waals surface area contributed by atoms with Crippen molar-refractivity contribution in [2.24, 2.45) is 0 Å². The molecule has 0 saturated heterocycles. The lowest BCUT2D eigenvalue weighted by Gasteiger charge is -2.23. The van der Waals surface area contributed by atoms with E-state index < -0.39 is 0 Å². The number of nitrogens with one attached hydrogen (secondary N) is 1. The Morgan fingerprint density at radius 3 is 2.59 bits per heavy atom. The van der Waals surface area contributed by atoms with Gasteiger partial charge < -0.3 is 9.88 Å². The lowest BCUT2D eigenvalue weighted by Crippen LogP contribution is -2.23. The predicted molar refractivity (Wildman–Crippen MR) is 122 cm³/mol. The van der Waals surface area contributed by atoms with Gasteiger partial charge in [-0.3, -0.25) is 9.69 Å². The Morgan fingerprint density at radius 2 is 2.00 bits per heavy atom. The highest BCUT2D eigenvalue weighted by Gasteiger charge is 2.22.